The maximum Gasteiger partial charge on any atom is 0.416 e. The molecule has 0 amide bonds. The monoisotopic (exact) mass is 227 g/mol. The molecule has 2 rings (SSSR count). The molecule has 3 nitrogen and oxygen atoms in total. The van der Waals surface area contributed by atoms with Crippen molar-refractivity contribution in [1.29, 1.82) is 0 Å². The van der Waals surface area contributed by atoms with Crippen LogP contribution in [0.4, 0.5) is 18.9 Å². The zero-order valence-electron chi connectivity index (χ0n) is 8.05. The van der Waals surface area contributed by atoms with Crippen molar-refractivity contribution in [2.45, 2.75) is 6.18 Å². The molecule has 84 valence electrons. The van der Waals surface area contributed by atoms with Crippen molar-refractivity contribution in [3.63, 3.8) is 0 Å². The third-order valence-electron chi connectivity index (χ3n) is 2.11. The SMILES string of the molecule is Nc1cc(-c2cn[nH]c2)cc(C(F)(F)F)c1. The number of anilines is 1. The van der Waals surface area contributed by atoms with E-state index in [1.54, 1.807) is 0 Å². The van der Waals surface area contributed by atoms with E-state index in [0.29, 0.717) is 11.1 Å². The van der Waals surface area contributed by atoms with E-state index in [-0.39, 0.29) is 5.69 Å². The number of alkyl halides is 3. The van der Waals surface area contributed by atoms with Crippen LogP contribution in [0.3, 0.4) is 0 Å². The van der Waals surface area contributed by atoms with Crippen molar-refractivity contribution < 1.29 is 13.2 Å². The van der Waals surface area contributed by atoms with E-state index in [9.17, 15) is 13.2 Å². The molecule has 0 saturated heterocycles. The van der Waals surface area contributed by atoms with Crippen LogP contribution < -0.4 is 5.73 Å². The van der Waals surface area contributed by atoms with Gasteiger partial charge in [-0.3, -0.25) is 5.10 Å². The highest BCUT2D eigenvalue weighted by atomic mass is 19.4. The number of benzene rings is 1. The number of nitrogen functional groups attached to an aromatic ring is 1. The lowest BCUT2D eigenvalue weighted by Crippen LogP contribution is -2.05. The molecule has 0 radical (unpaired) electrons. The average molecular weight is 227 g/mol. The van der Waals surface area contributed by atoms with Crippen LogP contribution in [0.2, 0.25) is 0 Å². The molecule has 0 aliphatic rings. The number of rotatable bonds is 1. The zero-order chi connectivity index (χ0) is 11.8. The molecule has 1 heterocycles. The summed E-state index contributed by atoms with van der Waals surface area (Å²) in [6, 6.07) is 3.42. The molecule has 16 heavy (non-hydrogen) atoms. The van der Waals surface area contributed by atoms with E-state index >= 15 is 0 Å². The molecule has 6 heteroatoms. The normalized spacial score (nSPS) is 11.7. The van der Waals surface area contributed by atoms with Crippen LogP contribution in [-0.4, -0.2) is 10.2 Å². The summed E-state index contributed by atoms with van der Waals surface area (Å²) < 4.78 is 37.5. The fraction of sp³-hybridized carbons (Fsp3) is 0.100. The molecule has 0 bridgehead atoms. The van der Waals surface area contributed by atoms with Crippen molar-refractivity contribution in [2.24, 2.45) is 0 Å². The lowest BCUT2D eigenvalue weighted by atomic mass is 10.0. The number of aromatic nitrogens is 2. The summed E-state index contributed by atoms with van der Waals surface area (Å²) in [5.41, 5.74) is 5.70. The molecule has 0 aliphatic heterocycles. The van der Waals surface area contributed by atoms with Gasteiger partial charge in [-0.25, -0.2) is 0 Å². The number of hydrogen-bond donors (Lipinski definition) is 2. The Hall–Kier alpha value is -1.98. The van der Waals surface area contributed by atoms with Gasteiger partial charge in [0.05, 0.1) is 11.8 Å². The van der Waals surface area contributed by atoms with E-state index in [4.69, 9.17) is 5.73 Å². The van der Waals surface area contributed by atoms with Crippen LogP contribution >= 0.6 is 0 Å². The second-order valence-electron chi connectivity index (χ2n) is 3.33. The molecule has 0 unspecified atom stereocenters. The van der Waals surface area contributed by atoms with Gasteiger partial charge in [-0.05, 0) is 23.8 Å². The van der Waals surface area contributed by atoms with Crippen molar-refractivity contribution in [3.8, 4) is 11.1 Å². The van der Waals surface area contributed by atoms with Crippen molar-refractivity contribution >= 4 is 5.69 Å². The molecular weight excluding hydrogens is 219 g/mol. The van der Waals surface area contributed by atoms with Gasteiger partial charge >= 0.3 is 6.18 Å². The summed E-state index contributed by atoms with van der Waals surface area (Å²) in [5.74, 6) is 0. The first-order chi connectivity index (χ1) is 7.47. The Balaban J connectivity index is 2.53. The summed E-state index contributed by atoms with van der Waals surface area (Å²) in [4.78, 5) is 0. The Labute approximate surface area is 89.1 Å². The van der Waals surface area contributed by atoms with Crippen molar-refractivity contribution in [2.75, 3.05) is 5.73 Å². The van der Waals surface area contributed by atoms with E-state index in [2.05, 4.69) is 10.2 Å². The Kier molecular flexibility index (Phi) is 2.34. The molecule has 0 spiro atoms. The smallest absolute Gasteiger partial charge is 0.399 e. The number of H-pyrrole nitrogens is 1. The third kappa shape index (κ3) is 2.00. The van der Waals surface area contributed by atoms with Crippen molar-refractivity contribution in [3.05, 3.63) is 36.2 Å². The number of nitrogens with two attached hydrogens (primary N) is 1. The molecule has 0 fully saturated rings. The van der Waals surface area contributed by atoms with Crippen LogP contribution in [0.25, 0.3) is 11.1 Å². The second kappa shape index (κ2) is 3.55. The summed E-state index contributed by atoms with van der Waals surface area (Å²) in [6.07, 6.45) is -1.45. The van der Waals surface area contributed by atoms with Gasteiger partial charge in [-0.1, -0.05) is 0 Å². The first-order valence-corrected chi connectivity index (χ1v) is 4.44. The largest absolute Gasteiger partial charge is 0.416 e. The number of hydrogen-bond acceptors (Lipinski definition) is 2. The van der Waals surface area contributed by atoms with Gasteiger partial charge in [0.25, 0.3) is 0 Å². The molecule has 0 saturated carbocycles. The van der Waals surface area contributed by atoms with Crippen LogP contribution in [0.1, 0.15) is 5.56 Å². The minimum Gasteiger partial charge on any atom is -0.399 e. The quantitative estimate of drug-likeness (QED) is 0.736. The highest BCUT2D eigenvalue weighted by Gasteiger charge is 2.31. The molecule has 1 aromatic carbocycles. The van der Waals surface area contributed by atoms with E-state index in [0.717, 1.165) is 12.1 Å². The maximum atomic E-state index is 12.5. The predicted octanol–water partition coefficient (Wildman–Crippen LogP) is 2.68. The number of halogens is 3. The van der Waals surface area contributed by atoms with Gasteiger partial charge in [-0.2, -0.15) is 18.3 Å². The molecule has 1 aromatic heterocycles. The molecule has 3 N–H and O–H groups in total. The zero-order valence-corrected chi connectivity index (χ0v) is 8.05. The summed E-state index contributed by atoms with van der Waals surface area (Å²) in [7, 11) is 0. The van der Waals surface area contributed by atoms with Crippen LogP contribution in [0.5, 0.6) is 0 Å². The van der Waals surface area contributed by atoms with Gasteiger partial charge < -0.3 is 5.73 Å². The van der Waals surface area contributed by atoms with Gasteiger partial charge in [0.1, 0.15) is 0 Å². The maximum absolute atomic E-state index is 12.5. The number of nitrogens with one attached hydrogen (secondary N) is 1. The standard InChI is InChI=1S/C10H8F3N3/c11-10(12,13)8-1-6(2-9(14)3-8)7-4-15-16-5-7/h1-5H,14H2,(H,15,16). The highest BCUT2D eigenvalue weighted by molar-refractivity contribution is 5.67. The minimum atomic E-state index is -4.39. The topological polar surface area (TPSA) is 54.7 Å². The lowest BCUT2D eigenvalue weighted by Gasteiger charge is -2.09. The molecule has 0 atom stereocenters. The lowest BCUT2D eigenvalue weighted by molar-refractivity contribution is -0.137. The fourth-order valence-corrected chi connectivity index (χ4v) is 1.39. The van der Waals surface area contributed by atoms with E-state index < -0.39 is 11.7 Å². The van der Waals surface area contributed by atoms with Gasteiger partial charge in [-0.15, -0.1) is 0 Å². The van der Waals surface area contributed by atoms with Gasteiger partial charge in [0, 0.05) is 17.4 Å². The highest BCUT2D eigenvalue weighted by Crippen LogP contribution is 2.33. The first-order valence-electron chi connectivity index (χ1n) is 4.44. The van der Waals surface area contributed by atoms with Crippen LogP contribution in [0.15, 0.2) is 30.6 Å². The van der Waals surface area contributed by atoms with Gasteiger partial charge in [0.2, 0.25) is 0 Å². The Morgan fingerprint density at radius 3 is 2.44 bits per heavy atom. The molecule has 0 aliphatic carbocycles. The summed E-state index contributed by atoms with van der Waals surface area (Å²) in [5, 5.41) is 6.21. The summed E-state index contributed by atoms with van der Waals surface area (Å²) in [6.45, 7) is 0. The predicted molar refractivity (Wildman–Crippen MR) is 53.4 cm³/mol. The van der Waals surface area contributed by atoms with E-state index in [1.165, 1.54) is 18.5 Å². The fourth-order valence-electron chi connectivity index (χ4n) is 1.39. The van der Waals surface area contributed by atoms with Gasteiger partial charge in [0.15, 0.2) is 0 Å². The van der Waals surface area contributed by atoms with Crippen molar-refractivity contribution in [1.82, 2.24) is 10.2 Å². The van der Waals surface area contributed by atoms with Crippen LogP contribution in [-0.2, 0) is 6.18 Å². The van der Waals surface area contributed by atoms with E-state index in [1.807, 2.05) is 0 Å². The van der Waals surface area contributed by atoms with Crippen LogP contribution in [0, 0.1) is 0 Å². The number of nitrogens with zero attached hydrogens (tertiary/aromatic N) is 1. The Morgan fingerprint density at radius 2 is 1.88 bits per heavy atom. The third-order valence-corrected chi connectivity index (χ3v) is 2.11. The Bertz CT molecular complexity index is 489. The molecule has 2 aromatic rings. The molecular formula is C10H8F3N3. The Morgan fingerprint density at radius 1 is 1.12 bits per heavy atom. The second-order valence-corrected chi connectivity index (χ2v) is 3.33. The number of aromatic amines is 1. The average Bonchev–Trinajstić information content (AvgIpc) is 2.68. The minimum absolute atomic E-state index is 0.0750. The first kappa shape index (κ1) is 10.5. The summed E-state index contributed by atoms with van der Waals surface area (Å²) >= 11 is 0.